The number of pyridine rings is 1. The molecule has 0 atom stereocenters. The van der Waals surface area contributed by atoms with Crippen LogP contribution in [0.2, 0.25) is 0 Å². The van der Waals surface area contributed by atoms with Crippen LogP contribution in [0.4, 0.5) is 19.0 Å². The quantitative estimate of drug-likeness (QED) is 0.868. The van der Waals surface area contributed by atoms with Gasteiger partial charge >= 0.3 is 6.18 Å². The van der Waals surface area contributed by atoms with Crippen LogP contribution in [-0.4, -0.2) is 24.1 Å². The van der Waals surface area contributed by atoms with Gasteiger partial charge in [0.1, 0.15) is 5.82 Å². The molecule has 2 heterocycles. The van der Waals surface area contributed by atoms with Crippen LogP contribution >= 0.6 is 0 Å². The number of rotatable bonds is 4. The number of hydrogen-bond acceptors (Lipinski definition) is 3. The standard InChI is InChI=1S/C20H24F3N3/c1-14-3-4-16(15(2)11-14)12-24-18-7-9-26(10-8-18)19-6-5-17(13-25-19)20(21,22)23/h3-6,11,13,18,24H,7-10,12H2,1-2H3. The van der Waals surface area contributed by atoms with E-state index in [2.05, 4.69) is 47.2 Å². The van der Waals surface area contributed by atoms with Crippen molar-refractivity contribution in [3.05, 3.63) is 58.8 Å². The summed E-state index contributed by atoms with van der Waals surface area (Å²) in [5.74, 6) is 0.617. The van der Waals surface area contributed by atoms with Gasteiger partial charge in [-0.1, -0.05) is 23.8 Å². The number of anilines is 1. The molecule has 0 aliphatic carbocycles. The van der Waals surface area contributed by atoms with E-state index < -0.39 is 11.7 Å². The molecule has 0 radical (unpaired) electrons. The number of alkyl halides is 3. The molecule has 3 rings (SSSR count). The maximum absolute atomic E-state index is 12.6. The van der Waals surface area contributed by atoms with Crippen LogP contribution in [0.25, 0.3) is 0 Å². The fraction of sp³-hybridized carbons (Fsp3) is 0.450. The van der Waals surface area contributed by atoms with Crippen molar-refractivity contribution in [1.82, 2.24) is 10.3 Å². The number of piperidine rings is 1. The number of halogens is 3. The highest BCUT2D eigenvalue weighted by Gasteiger charge is 2.31. The largest absolute Gasteiger partial charge is 0.417 e. The Hall–Kier alpha value is -2.08. The number of aryl methyl sites for hydroxylation is 2. The smallest absolute Gasteiger partial charge is 0.357 e. The van der Waals surface area contributed by atoms with Crippen LogP contribution in [0, 0.1) is 13.8 Å². The Labute approximate surface area is 152 Å². The van der Waals surface area contributed by atoms with Gasteiger partial charge in [0.2, 0.25) is 0 Å². The Balaban J connectivity index is 1.51. The lowest BCUT2D eigenvalue weighted by molar-refractivity contribution is -0.137. The summed E-state index contributed by atoms with van der Waals surface area (Å²) in [4.78, 5) is 6.04. The zero-order chi connectivity index (χ0) is 18.7. The molecule has 1 aromatic carbocycles. The highest BCUT2D eigenvalue weighted by atomic mass is 19.4. The van der Waals surface area contributed by atoms with Crippen molar-refractivity contribution in [3.8, 4) is 0 Å². The number of aromatic nitrogens is 1. The molecular formula is C20H24F3N3. The van der Waals surface area contributed by atoms with Crippen molar-refractivity contribution in [3.63, 3.8) is 0 Å². The average Bonchev–Trinajstić information content (AvgIpc) is 2.61. The van der Waals surface area contributed by atoms with Gasteiger partial charge in [-0.05, 0) is 49.9 Å². The van der Waals surface area contributed by atoms with Crippen LogP contribution in [0.5, 0.6) is 0 Å². The highest BCUT2D eigenvalue weighted by molar-refractivity contribution is 5.40. The molecule has 6 heteroatoms. The molecule has 1 N–H and O–H groups in total. The van der Waals surface area contributed by atoms with Gasteiger partial charge in [-0.3, -0.25) is 0 Å². The van der Waals surface area contributed by atoms with Crippen LogP contribution < -0.4 is 10.2 Å². The lowest BCUT2D eigenvalue weighted by Crippen LogP contribution is -2.42. The van der Waals surface area contributed by atoms with Crippen LogP contribution in [0.1, 0.15) is 35.1 Å². The number of nitrogens with zero attached hydrogens (tertiary/aromatic N) is 2. The SMILES string of the molecule is Cc1ccc(CNC2CCN(c3ccc(C(F)(F)F)cn3)CC2)c(C)c1. The Morgan fingerprint density at radius 1 is 1.12 bits per heavy atom. The van der Waals surface area contributed by atoms with Gasteiger partial charge in [0, 0.05) is 31.9 Å². The fourth-order valence-corrected chi connectivity index (χ4v) is 3.35. The normalized spacial score (nSPS) is 16.1. The summed E-state index contributed by atoms with van der Waals surface area (Å²) in [5, 5.41) is 3.60. The van der Waals surface area contributed by atoms with Crippen molar-refractivity contribution in [2.45, 2.75) is 45.5 Å². The van der Waals surface area contributed by atoms with Crippen LogP contribution in [0.15, 0.2) is 36.5 Å². The third kappa shape index (κ3) is 4.55. The Morgan fingerprint density at radius 3 is 2.42 bits per heavy atom. The summed E-state index contributed by atoms with van der Waals surface area (Å²) in [6, 6.07) is 9.47. The van der Waals surface area contributed by atoms with Crippen LogP contribution in [-0.2, 0) is 12.7 Å². The van der Waals surface area contributed by atoms with E-state index >= 15 is 0 Å². The van der Waals surface area contributed by atoms with E-state index in [0.29, 0.717) is 11.9 Å². The molecular weight excluding hydrogens is 339 g/mol. The summed E-state index contributed by atoms with van der Waals surface area (Å²) in [5.41, 5.74) is 3.17. The van der Waals surface area contributed by atoms with E-state index in [9.17, 15) is 13.2 Å². The third-order valence-electron chi connectivity index (χ3n) is 4.97. The number of benzene rings is 1. The zero-order valence-electron chi connectivity index (χ0n) is 15.1. The lowest BCUT2D eigenvalue weighted by Gasteiger charge is -2.33. The van der Waals surface area contributed by atoms with Gasteiger partial charge in [-0.2, -0.15) is 13.2 Å². The lowest BCUT2D eigenvalue weighted by atomic mass is 10.0. The summed E-state index contributed by atoms with van der Waals surface area (Å²) < 4.78 is 37.9. The fourth-order valence-electron chi connectivity index (χ4n) is 3.35. The Bertz CT molecular complexity index is 733. The van der Waals surface area contributed by atoms with Gasteiger partial charge in [0.05, 0.1) is 5.56 Å². The van der Waals surface area contributed by atoms with Gasteiger partial charge in [-0.25, -0.2) is 4.98 Å². The molecule has 1 saturated heterocycles. The monoisotopic (exact) mass is 363 g/mol. The molecule has 0 spiro atoms. The average molecular weight is 363 g/mol. The topological polar surface area (TPSA) is 28.2 Å². The van der Waals surface area contributed by atoms with Crippen molar-refractivity contribution in [2.24, 2.45) is 0 Å². The highest BCUT2D eigenvalue weighted by Crippen LogP contribution is 2.29. The third-order valence-corrected chi connectivity index (χ3v) is 4.97. The predicted molar refractivity (Wildman–Crippen MR) is 97.2 cm³/mol. The zero-order valence-corrected chi connectivity index (χ0v) is 15.1. The summed E-state index contributed by atoms with van der Waals surface area (Å²) in [6.07, 6.45) is -1.52. The molecule has 3 nitrogen and oxygen atoms in total. The van der Waals surface area contributed by atoms with Crippen molar-refractivity contribution in [1.29, 1.82) is 0 Å². The molecule has 0 unspecified atom stereocenters. The minimum absolute atomic E-state index is 0.418. The maximum atomic E-state index is 12.6. The van der Waals surface area contributed by atoms with Crippen molar-refractivity contribution in [2.75, 3.05) is 18.0 Å². The van der Waals surface area contributed by atoms with E-state index in [1.54, 1.807) is 0 Å². The summed E-state index contributed by atoms with van der Waals surface area (Å²) in [6.45, 7) is 6.65. The molecule has 0 saturated carbocycles. The van der Waals surface area contributed by atoms with Crippen molar-refractivity contribution >= 4 is 5.82 Å². The second-order valence-electron chi connectivity index (χ2n) is 6.97. The molecule has 1 fully saturated rings. The Kier molecular flexibility index (Phi) is 5.51. The summed E-state index contributed by atoms with van der Waals surface area (Å²) in [7, 11) is 0. The van der Waals surface area contributed by atoms with Gasteiger partial charge in [0.15, 0.2) is 0 Å². The minimum atomic E-state index is -4.34. The molecule has 2 aromatic rings. The molecule has 1 aliphatic rings. The van der Waals surface area contributed by atoms with Gasteiger partial charge in [-0.15, -0.1) is 0 Å². The second kappa shape index (κ2) is 7.66. The van der Waals surface area contributed by atoms with Gasteiger partial charge < -0.3 is 10.2 Å². The van der Waals surface area contributed by atoms with E-state index in [0.717, 1.165) is 44.7 Å². The van der Waals surface area contributed by atoms with E-state index in [1.165, 1.54) is 22.8 Å². The molecule has 140 valence electrons. The first-order valence-corrected chi connectivity index (χ1v) is 8.90. The van der Waals surface area contributed by atoms with E-state index in [1.807, 2.05) is 0 Å². The molecule has 0 bridgehead atoms. The van der Waals surface area contributed by atoms with Crippen LogP contribution in [0.3, 0.4) is 0 Å². The van der Waals surface area contributed by atoms with Crippen molar-refractivity contribution < 1.29 is 13.2 Å². The second-order valence-corrected chi connectivity index (χ2v) is 6.97. The van der Waals surface area contributed by atoms with E-state index in [-0.39, 0.29) is 0 Å². The van der Waals surface area contributed by atoms with E-state index in [4.69, 9.17) is 0 Å². The number of hydrogen-bond donors (Lipinski definition) is 1. The summed E-state index contributed by atoms with van der Waals surface area (Å²) >= 11 is 0. The minimum Gasteiger partial charge on any atom is -0.357 e. The predicted octanol–water partition coefficient (Wildman–Crippen LogP) is 4.48. The molecule has 26 heavy (non-hydrogen) atoms. The molecule has 0 amide bonds. The van der Waals surface area contributed by atoms with Gasteiger partial charge in [0.25, 0.3) is 0 Å². The first-order valence-electron chi connectivity index (χ1n) is 8.90. The Morgan fingerprint density at radius 2 is 1.85 bits per heavy atom. The first kappa shape index (κ1) is 18.7. The molecule has 1 aliphatic heterocycles. The first-order chi connectivity index (χ1) is 12.3. The maximum Gasteiger partial charge on any atom is 0.417 e. The number of nitrogens with one attached hydrogen (secondary N) is 1. The molecule has 1 aromatic heterocycles.